The fraction of sp³-hybridized carbons (Fsp3) is 0.235. The molecule has 108 valence electrons. The van der Waals surface area contributed by atoms with Crippen molar-refractivity contribution in [1.82, 2.24) is 5.32 Å². The maximum Gasteiger partial charge on any atom is 0.228 e. The molecule has 2 unspecified atom stereocenters. The van der Waals surface area contributed by atoms with Crippen molar-refractivity contribution in [1.29, 1.82) is 0 Å². The molecule has 21 heavy (non-hydrogen) atoms. The summed E-state index contributed by atoms with van der Waals surface area (Å²) in [5.74, 6) is 0.642. The number of carbonyl (C=O) groups is 1. The molecule has 0 aliphatic carbocycles. The quantitative estimate of drug-likeness (QED) is 0.912. The molecule has 1 aliphatic rings. The largest absolute Gasteiger partial charge is 0.387 e. The third-order valence-corrected chi connectivity index (χ3v) is 4.85. The summed E-state index contributed by atoms with van der Waals surface area (Å²) < 4.78 is 0. The first-order valence-corrected chi connectivity index (χ1v) is 7.96. The smallest absolute Gasteiger partial charge is 0.228 e. The summed E-state index contributed by atoms with van der Waals surface area (Å²) in [6, 6.07) is 17.4. The van der Waals surface area contributed by atoms with E-state index in [0.717, 1.165) is 16.9 Å². The van der Waals surface area contributed by atoms with Gasteiger partial charge in [-0.25, -0.2) is 0 Å². The third kappa shape index (κ3) is 3.12. The highest BCUT2D eigenvalue weighted by Gasteiger charge is 2.28. The van der Waals surface area contributed by atoms with E-state index >= 15 is 0 Å². The minimum Gasteiger partial charge on any atom is -0.387 e. The first kappa shape index (κ1) is 14.2. The molecule has 2 aromatic carbocycles. The van der Waals surface area contributed by atoms with Crippen molar-refractivity contribution in [2.24, 2.45) is 0 Å². The Labute approximate surface area is 128 Å². The fourth-order valence-corrected chi connectivity index (χ4v) is 3.72. The first-order chi connectivity index (χ1) is 10.3. The van der Waals surface area contributed by atoms with Crippen LogP contribution in [0, 0.1) is 0 Å². The normalized spacial score (nSPS) is 18.0. The maximum absolute atomic E-state index is 12.3. The average Bonchev–Trinajstić information content (AvgIpc) is 2.97. The molecule has 1 heterocycles. The van der Waals surface area contributed by atoms with E-state index in [4.69, 9.17) is 0 Å². The van der Waals surface area contributed by atoms with Gasteiger partial charge >= 0.3 is 0 Å². The van der Waals surface area contributed by atoms with E-state index in [1.54, 1.807) is 11.8 Å². The van der Waals surface area contributed by atoms with E-state index in [9.17, 15) is 9.90 Å². The van der Waals surface area contributed by atoms with Crippen molar-refractivity contribution in [3.8, 4) is 0 Å². The number of hydrogen-bond donors (Lipinski definition) is 2. The summed E-state index contributed by atoms with van der Waals surface area (Å²) in [7, 11) is 0. The van der Waals surface area contributed by atoms with Crippen molar-refractivity contribution in [2.45, 2.75) is 16.9 Å². The molecular weight excluding hydrogens is 282 g/mol. The van der Waals surface area contributed by atoms with Gasteiger partial charge in [0.1, 0.15) is 0 Å². The molecule has 4 heteroatoms. The number of aliphatic hydroxyl groups excluding tert-OH is 1. The second-order valence-corrected chi connectivity index (χ2v) is 6.13. The van der Waals surface area contributed by atoms with Crippen molar-refractivity contribution < 1.29 is 9.90 Å². The molecule has 0 spiro atoms. The molecule has 2 aromatic rings. The number of rotatable bonds is 4. The van der Waals surface area contributed by atoms with Crippen LogP contribution in [-0.2, 0) is 4.79 Å². The zero-order valence-corrected chi connectivity index (χ0v) is 12.3. The lowest BCUT2D eigenvalue weighted by atomic mass is 10.0. The predicted octanol–water partition coefficient (Wildman–Crippen LogP) is 2.73. The van der Waals surface area contributed by atoms with Crippen LogP contribution in [-0.4, -0.2) is 23.3 Å². The van der Waals surface area contributed by atoms with Crippen LogP contribution in [0.3, 0.4) is 0 Å². The predicted molar refractivity (Wildman–Crippen MR) is 84.3 cm³/mol. The SMILES string of the molecule is O=C(NCC(O)c1ccccc1)C1CSc2ccccc21. The summed E-state index contributed by atoms with van der Waals surface area (Å²) in [4.78, 5) is 13.5. The van der Waals surface area contributed by atoms with E-state index < -0.39 is 6.10 Å². The summed E-state index contributed by atoms with van der Waals surface area (Å²) >= 11 is 1.71. The minimum atomic E-state index is -0.667. The Kier molecular flexibility index (Phi) is 4.27. The second kappa shape index (κ2) is 6.33. The van der Waals surface area contributed by atoms with Gasteiger partial charge in [0.05, 0.1) is 12.0 Å². The Bertz CT molecular complexity index is 630. The number of fused-ring (bicyclic) bond motifs is 1. The maximum atomic E-state index is 12.3. The van der Waals surface area contributed by atoms with E-state index in [2.05, 4.69) is 5.32 Å². The zero-order chi connectivity index (χ0) is 14.7. The number of aliphatic hydroxyl groups is 1. The molecule has 0 aromatic heterocycles. The van der Waals surface area contributed by atoms with Crippen molar-refractivity contribution >= 4 is 17.7 Å². The van der Waals surface area contributed by atoms with E-state index in [1.165, 1.54) is 4.90 Å². The minimum absolute atomic E-state index is 0.0116. The van der Waals surface area contributed by atoms with Gasteiger partial charge in [-0.05, 0) is 17.2 Å². The monoisotopic (exact) mass is 299 g/mol. The van der Waals surface area contributed by atoms with Gasteiger partial charge in [0.25, 0.3) is 0 Å². The van der Waals surface area contributed by atoms with Gasteiger partial charge in [-0.15, -0.1) is 11.8 Å². The molecule has 0 radical (unpaired) electrons. The molecule has 2 atom stereocenters. The van der Waals surface area contributed by atoms with Gasteiger partial charge in [-0.3, -0.25) is 4.79 Å². The molecule has 1 aliphatic heterocycles. The van der Waals surface area contributed by atoms with Crippen LogP contribution in [0.2, 0.25) is 0 Å². The van der Waals surface area contributed by atoms with Crippen LogP contribution in [0.25, 0.3) is 0 Å². The first-order valence-electron chi connectivity index (χ1n) is 6.98. The standard InChI is InChI=1S/C17H17NO2S/c19-15(12-6-2-1-3-7-12)10-18-17(20)14-11-21-16-9-5-4-8-13(14)16/h1-9,14-15,19H,10-11H2,(H,18,20). The molecule has 0 saturated heterocycles. The van der Waals surface area contributed by atoms with Crippen LogP contribution < -0.4 is 5.32 Å². The van der Waals surface area contributed by atoms with E-state index in [1.807, 2.05) is 54.6 Å². The number of nitrogens with one attached hydrogen (secondary N) is 1. The highest BCUT2D eigenvalue weighted by atomic mass is 32.2. The number of hydrogen-bond acceptors (Lipinski definition) is 3. The lowest BCUT2D eigenvalue weighted by Crippen LogP contribution is -2.32. The molecule has 1 amide bonds. The van der Waals surface area contributed by atoms with Gasteiger partial charge in [-0.1, -0.05) is 48.5 Å². The van der Waals surface area contributed by atoms with E-state index in [0.29, 0.717) is 0 Å². The van der Waals surface area contributed by atoms with Crippen LogP contribution in [0.4, 0.5) is 0 Å². The highest BCUT2D eigenvalue weighted by molar-refractivity contribution is 7.99. The topological polar surface area (TPSA) is 49.3 Å². The fourth-order valence-electron chi connectivity index (χ4n) is 2.49. The third-order valence-electron chi connectivity index (χ3n) is 3.67. The Morgan fingerprint density at radius 2 is 1.90 bits per heavy atom. The zero-order valence-electron chi connectivity index (χ0n) is 11.5. The Morgan fingerprint density at radius 3 is 2.71 bits per heavy atom. The van der Waals surface area contributed by atoms with Crippen molar-refractivity contribution in [3.63, 3.8) is 0 Å². The summed E-state index contributed by atoms with van der Waals surface area (Å²) in [6.45, 7) is 0.242. The van der Waals surface area contributed by atoms with Crippen LogP contribution >= 0.6 is 11.8 Å². The van der Waals surface area contributed by atoms with Crippen LogP contribution in [0.5, 0.6) is 0 Å². The van der Waals surface area contributed by atoms with E-state index in [-0.39, 0.29) is 18.4 Å². The van der Waals surface area contributed by atoms with Crippen molar-refractivity contribution in [3.05, 3.63) is 65.7 Å². The summed E-state index contributed by atoms with van der Waals surface area (Å²) in [5.41, 5.74) is 1.91. The molecule has 0 fully saturated rings. The Hall–Kier alpha value is -1.78. The number of carbonyl (C=O) groups excluding carboxylic acids is 1. The molecule has 3 nitrogen and oxygen atoms in total. The van der Waals surface area contributed by atoms with Gasteiger partial charge in [-0.2, -0.15) is 0 Å². The lowest BCUT2D eigenvalue weighted by molar-refractivity contribution is -0.122. The summed E-state index contributed by atoms with van der Waals surface area (Å²) in [5, 5.41) is 12.9. The molecule has 3 rings (SSSR count). The molecular formula is C17H17NO2S. The molecule has 0 bridgehead atoms. The number of benzene rings is 2. The lowest BCUT2D eigenvalue weighted by Gasteiger charge is -2.15. The van der Waals surface area contributed by atoms with Crippen LogP contribution in [0.1, 0.15) is 23.1 Å². The van der Waals surface area contributed by atoms with Crippen LogP contribution in [0.15, 0.2) is 59.5 Å². The highest BCUT2D eigenvalue weighted by Crippen LogP contribution is 2.39. The van der Waals surface area contributed by atoms with Gasteiger partial charge in [0.15, 0.2) is 0 Å². The average molecular weight is 299 g/mol. The van der Waals surface area contributed by atoms with Crippen molar-refractivity contribution in [2.75, 3.05) is 12.3 Å². The number of amides is 1. The summed E-state index contributed by atoms with van der Waals surface area (Å²) in [6.07, 6.45) is -0.667. The Balaban J connectivity index is 1.61. The van der Waals surface area contributed by atoms with Gasteiger partial charge in [0.2, 0.25) is 5.91 Å². The molecule has 2 N–H and O–H groups in total. The van der Waals surface area contributed by atoms with Gasteiger partial charge < -0.3 is 10.4 Å². The van der Waals surface area contributed by atoms with Gasteiger partial charge in [0, 0.05) is 17.2 Å². The Morgan fingerprint density at radius 1 is 1.19 bits per heavy atom. The molecule has 0 saturated carbocycles. The second-order valence-electron chi connectivity index (χ2n) is 5.07. The number of thioether (sulfide) groups is 1.